The first-order chi connectivity index (χ1) is 9.63. The van der Waals surface area contributed by atoms with Crippen molar-refractivity contribution in [1.82, 2.24) is 20.2 Å². The first-order valence-electron chi connectivity index (χ1n) is 6.83. The molecule has 1 unspecified atom stereocenters. The standard InChI is InChI=1S/C14H19ClN4O/c1-3-4-5-6-13(20)11-8-7-10(15)9-12(11)14-16-17-18-19(14)2/h7-9,13,20H,3-6H2,1-2H3. The second kappa shape index (κ2) is 6.81. The van der Waals surface area contributed by atoms with E-state index in [0.717, 1.165) is 36.8 Å². The molecule has 0 radical (unpaired) electrons. The van der Waals surface area contributed by atoms with Gasteiger partial charge in [0.2, 0.25) is 0 Å². The molecule has 1 aromatic heterocycles. The van der Waals surface area contributed by atoms with Crippen LogP contribution in [0.3, 0.4) is 0 Å². The fraction of sp³-hybridized carbons (Fsp3) is 0.500. The number of unbranched alkanes of at least 4 members (excludes halogenated alkanes) is 2. The molecule has 1 heterocycles. The second-order valence-corrected chi connectivity index (χ2v) is 5.31. The van der Waals surface area contributed by atoms with Crippen molar-refractivity contribution < 1.29 is 5.11 Å². The maximum atomic E-state index is 10.4. The average Bonchev–Trinajstić information content (AvgIpc) is 2.85. The molecule has 0 aliphatic heterocycles. The van der Waals surface area contributed by atoms with Crippen molar-refractivity contribution in [2.75, 3.05) is 0 Å². The zero-order chi connectivity index (χ0) is 14.5. The Bertz CT molecular complexity index is 570. The van der Waals surface area contributed by atoms with Crippen molar-refractivity contribution in [3.63, 3.8) is 0 Å². The molecule has 0 aliphatic carbocycles. The van der Waals surface area contributed by atoms with Crippen LogP contribution >= 0.6 is 11.6 Å². The molecule has 0 saturated heterocycles. The van der Waals surface area contributed by atoms with E-state index in [4.69, 9.17) is 11.6 Å². The van der Waals surface area contributed by atoms with Crippen molar-refractivity contribution in [3.05, 3.63) is 28.8 Å². The molecule has 2 aromatic rings. The van der Waals surface area contributed by atoms with Crippen LogP contribution in [0.4, 0.5) is 0 Å². The number of hydrogen-bond acceptors (Lipinski definition) is 4. The lowest BCUT2D eigenvalue weighted by Gasteiger charge is -2.15. The number of aliphatic hydroxyl groups is 1. The van der Waals surface area contributed by atoms with Gasteiger partial charge in [0.25, 0.3) is 0 Å². The van der Waals surface area contributed by atoms with Gasteiger partial charge in [-0.1, -0.05) is 43.9 Å². The molecule has 0 amide bonds. The lowest BCUT2D eigenvalue weighted by molar-refractivity contribution is 0.164. The summed E-state index contributed by atoms with van der Waals surface area (Å²) in [5.41, 5.74) is 1.61. The number of nitrogens with zero attached hydrogens (tertiary/aromatic N) is 4. The lowest BCUT2D eigenvalue weighted by Crippen LogP contribution is -2.03. The number of benzene rings is 1. The molecule has 5 nitrogen and oxygen atoms in total. The van der Waals surface area contributed by atoms with Crippen LogP contribution in [0.1, 0.15) is 44.3 Å². The SMILES string of the molecule is CCCCCC(O)c1ccc(Cl)cc1-c1nnnn1C. The first-order valence-corrected chi connectivity index (χ1v) is 7.21. The largest absolute Gasteiger partial charge is 0.388 e. The number of halogens is 1. The van der Waals surface area contributed by atoms with E-state index in [-0.39, 0.29) is 0 Å². The van der Waals surface area contributed by atoms with E-state index in [1.54, 1.807) is 23.9 Å². The number of rotatable bonds is 6. The Morgan fingerprint density at radius 2 is 2.15 bits per heavy atom. The highest BCUT2D eigenvalue weighted by molar-refractivity contribution is 6.30. The van der Waals surface area contributed by atoms with Crippen molar-refractivity contribution >= 4 is 11.6 Å². The Hall–Kier alpha value is -1.46. The summed E-state index contributed by atoms with van der Waals surface area (Å²) in [6.07, 6.45) is 3.45. The Morgan fingerprint density at radius 3 is 2.80 bits per heavy atom. The van der Waals surface area contributed by atoms with E-state index >= 15 is 0 Å². The van der Waals surface area contributed by atoms with E-state index in [1.807, 2.05) is 6.07 Å². The number of aliphatic hydroxyl groups excluding tert-OH is 1. The summed E-state index contributed by atoms with van der Waals surface area (Å²) in [6.45, 7) is 2.14. The van der Waals surface area contributed by atoms with Gasteiger partial charge in [0.1, 0.15) is 0 Å². The maximum absolute atomic E-state index is 10.4. The molecule has 0 bridgehead atoms. The molecule has 6 heteroatoms. The molecule has 0 saturated carbocycles. The van der Waals surface area contributed by atoms with Crippen LogP contribution in [-0.4, -0.2) is 25.3 Å². The summed E-state index contributed by atoms with van der Waals surface area (Å²) in [5.74, 6) is 0.608. The third kappa shape index (κ3) is 3.35. The summed E-state index contributed by atoms with van der Waals surface area (Å²) in [6, 6.07) is 5.43. The fourth-order valence-corrected chi connectivity index (χ4v) is 2.39. The van der Waals surface area contributed by atoms with Crippen LogP contribution in [0.5, 0.6) is 0 Å². The fourth-order valence-electron chi connectivity index (χ4n) is 2.21. The van der Waals surface area contributed by atoms with Crippen molar-refractivity contribution in [2.45, 2.75) is 38.7 Å². The molecule has 2 rings (SSSR count). The van der Waals surface area contributed by atoms with Crippen LogP contribution in [-0.2, 0) is 7.05 Å². The number of aromatic nitrogens is 4. The predicted octanol–water partition coefficient (Wildman–Crippen LogP) is 3.14. The molecule has 1 aromatic carbocycles. The molecule has 20 heavy (non-hydrogen) atoms. The summed E-state index contributed by atoms with van der Waals surface area (Å²) >= 11 is 6.06. The summed E-state index contributed by atoms with van der Waals surface area (Å²) in [4.78, 5) is 0. The summed E-state index contributed by atoms with van der Waals surface area (Å²) in [7, 11) is 1.77. The smallest absolute Gasteiger partial charge is 0.182 e. The van der Waals surface area contributed by atoms with Gasteiger partial charge in [0, 0.05) is 17.6 Å². The highest BCUT2D eigenvalue weighted by Crippen LogP contribution is 2.31. The number of tetrazole rings is 1. The molecule has 0 aliphatic rings. The lowest BCUT2D eigenvalue weighted by atomic mass is 9.97. The summed E-state index contributed by atoms with van der Waals surface area (Å²) in [5, 5.41) is 22.5. The minimum absolute atomic E-state index is 0.523. The Labute approximate surface area is 123 Å². The first kappa shape index (κ1) is 14.9. The molecule has 0 fully saturated rings. The molecule has 108 valence electrons. The van der Waals surface area contributed by atoms with Gasteiger partial charge < -0.3 is 5.11 Å². The normalized spacial score (nSPS) is 12.6. The van der Waals surface area contributed by atoms with Crippen LogP contribution < -0.4 is 0 Å². The highest BCUT2D eigenvalue weighted by atomic mass is 35.5. The van der Waals surface area contributed by atoms with Crippen molar-refractivity contribution in [1.29, 1.82) is 0 Å². The zero-order valence-corrected chi connectivity index (χ0v) is 12.5. The number of aryl methyl sites for hydroxylation is 1. The van der Waals surface area contributed by atoms with E-state index in [2.05, 4.69) is 22.4 Å². The van der Waals surface area contributed by atoms with Gasteiger partial charge in [-0.25, -0.2) is 4.68 Å². The molecule has 1 N–H and O–H groups in total. The van der Waals surface area contributed by atoms with Gasteiger partial charge in [0.15, 0.2) is 5.82 Å². The van der Waals surface area contributed by atoms with Gasteiger partial charge >= 0.3 is 0 Å². The van der Waals surface area contributed by atoms with Gasteiger partial charge in [-0.05, 0) is 34.5 Å². The molecule has 1 atom stereocenters. The van der Waals surface area contributed by atoms with E-state index < -0.39 is 6.10 Å². The van der Waals surface area contributed by atoms with Crippen LogP contribution in [0, 0.1) is 0 Å². The van der Waals surface area contributed by atoms with Crippen molar-refractivity contribution in [2.24, 2.45) is 7.05 Å². The van der Waals surface area contributed by atoms with Gasteiger partial charge in [-0.2, -0.15) is 0 Å². The monoisotopic (exact) mass is 294 g/mol. The topological polar surface area (TPSA) is 63.8 Å². The predicted molar refractivity (Wildman–Crippen MR) is 78.3 cm³/mol. The van der Waals surface area contributed by atoms with E-state index in [1.165, 1.54) is 0 Å². The molecular weight excluding hydrogens is 276 g/mol. The van der Waals surface area contributed by atoms with Gasteiger partial charge in [0.05, 0.1) is 6.10 Å². The average molecular weight is 295 g/mol. The van der Waals surface area contributed by atoms with Crippen LogP contribution in [0.2, 0.25) is 5.02 Å². The van der Waals surface area contributed by atoms with Gasteiger partial charge in [-0.3, -0.25) is 0 Å². The van der Waals surface area contributed by atoms with E-state index in [0.29, 0.717) is 10.8 Å². The zero-order valence-electron chi connectivity index (χ0n) is 11.8. The highest BCUT2D eigenvalue weighted by Gasteiger charge is 2.17. The third-order valence-corrected chi connectivity index (χ3v) is 3.55. The molecular formula is C14H19ClN4O. The maximum Gasteiger partial charge on any atom is 0.182 e. The Balaban J connectivity index is 2.31. The minimum atomic E-state index is -0.523. The Kier molecular flexibility index (Phi) is 5.09. The van der Waals surface area contributed by atoms with Crippen molar-refractivity contribution in [3.8, 4) is 11.4 Å². The van der Waals surface area contributed by atoms with Crippen LogP contribution in [0.15, 0.2) is 18.2 Å². The van der Waals surface area contributed by atoms with E-state index in [9.17, 15) is 5.11 Å². The summed E-state index contributed by atoms with van der Waals surface area (Å²) < 4.78 is 1.58. The van der Waals surface area contributed by atoms with Crippen LogP contribution in [0.25, 0.3) is 11.4 Å². The third-order valence-electron chi connectivity index (χ3n) is 3.32. The Morgan fingerprint density at radius 1 is 1.35 bits per heavy atom. The molecule has 0 spiro atoms. The second-order valence-electron chi connectivity index (χ2n) is 4.87. The number of hydrogen-bond donors (Lipinski definition) is 1. The minimum Gasteiger partial charge on any atom is -0.388 e. The quantitative estimate of drug-likeness (QED) is 0.831. The van der Waals surface area contributed by atoms with Gasteiger partial charge in [-0.15, -0.1) is 5.10 Å².